The second-order valence-electron chi connectivity index (χ2n) is 3.12. The molecule has 1 rings (SSSR count). The molecule has 0 unspecified atom stereocenters. The van der Waals surface area contributed by atoms with Crippen molar-refractivity contribution in [3.8, 4) is 5.75 Å². The lowest BCUT2D eigenvalue weighted by Gasteiger charge is -2.07. The van der Waals surface area contributed by atoms with Gasteiger partial charge in [0.2, 0.25) is 0 Å². The van der Waals surface area contributed by atoms with E-state index in [0.717, 1.165) is 12.1 Å². The van der Waals surface area contributed by atoms with E-state index in [1.165, 1.54) is 6.07 Å². The third-order valence-electron chi connectivity index (χ3n) is 1.52. The average molecular weight is 198 g/mol. The monoisotopic (exact) mass is 198 g/mol. The Morgan fingerprint density at radius 3 is 2.64 bits per heavy atom. The predicted octanol–water partition coefficient (Wildman–Crippen LogP) is 2.10. The normalized spacial score (nSPS) is 10.3. The van der Waals surface area contributed by atoms with Crippen molar-refractivity contribution in [3.05, 3.63) is 29.6 Å². The van der Waals surface area contributed by atoms with E-state index in [-0.39, 0.29) is 11.7 Å². The fourth-order valence-electron chi connectivity index (χ4n) is 0.922. The molecule has 1 aromatic carbocycles. The van der Waals surface area contributed by atoms with Crippen LogP contribution in [0.2, 0.25) is 0 Å². The molecule has 0 bridgehead atoms. The summed E-state index contributed by atoms with van der Waals surface area (Å²) in [6.45, 7) is 3.42. The maximum Gasteiger partial charge on any atom is 0.338 e. The molecule has 0 fully saturated rings. The molecule has 0 radical (unpaired) electrons. The standard InChI is InChI=1S/C10H11FO3/c1-6(2)14-10(13)7-3-4-8(11)9(12)5-7/h3-6,12H,1-2H3. The van der Waals surface area contributed by atoms with Crippen LogP contribution in [0.3, 0.4) is 0 Å². The number of halogens is 1. The Kier molecular flexibility index (Phi) is 3.06. The average Bonchev–Trinajstić information content (AvgIpc) is 2.08. The Labute approximate surface area is 81.1 Å². The molecule has 3 nitrogen and oxygen atoms in total. The highest BCUT2D eigenvalue weighted by atomic mass is 19.1. The molecule has 0 saturated heterocycles. The van der Waals surface area contributed by atoms with Crippen LogP contribution in [0, 0.1) is 5.82 Å². The predicted molar refractivity (Wildman–Crippen MR) is 48.6 cm³/mol. The Morgan fingerprint density at radius 1 is 1.50 bits per heavy atom. The number of hydrogen-bond donors (Lipinski definition) is 1. The van der Waals surface area contributed by atoms with E-state index >= 15 is 0 Å². The van der Waals surface area contributed by atoms with Crippen LogP contribution in [0.5, 0.6) is 5.75 Å². The number of rotatable bonds is 2. The number of aromatic hydroxyl groups is 1. The van der Waals surface area contributed by atoms with E-state index in [9.17, 15) is 9.18 Å². The molecule has 4 heteroatoms. The molecule has 0 atom stereocenters. The molecule has 1 aromatic rings. The van der Waals surface area contributed by atoms with Gasteiger partial charge in [0.1, 0.15) is 0 Å². The largest absolute Gasteiger partial charge is 0.505 e. The van der Waals surface area contributed by atoms with Gasteiger partial charge in [-0.05, 0) is 32.0 Å². The fourth-order valence-corrected chi connectivity index (χ4v) is 0.922. The minimum absolute atomic E-state index is 0.137. The molecule has 0 aliphatic rings. The van der Waals surface area contributed by atoms with Crippen molar-refractivity contribution < 1.29 is 19.0 Å². The summed E-state index contributed by atoms with van der Waals surface area (Å²) in [5.41, 5.74) is 0.137. The minimum atomic E-state index is -0.758. The van der Waals surface area contributed by atoms with Crippen LogP contribution < -0.4 is 0 Å². The van der Waals surface area contributed by atoms with Gasteiger partial charge in [-0.2, -0.15) is 0 Å². The van der Waals surface area contributed by atoms with Crippen molar-refractivity contribution in [1.82, 2.24) is 0 Å². The van der Waals surface area contributed by atoms with Crippen molar-refractivity contribution in [2.24, 2.45) is 0 Å². The number of benzene rings is 1. The Bertz CT molecular complexity index is 347. The summed E-state index contributed by atoms with van der Waals surface area (Å²) in [7, 11) is 0. The molecule has 76 valence electrons. The third kappa shape index (κ3) is 2.45. The van der Waals surface area contributed by atoms with Crippen LogP contribution in [0.1, 0.15) is 24.2 Å². The van der Waals surface area contributed by atoms with E-state index < -0.39 is 17.5 Å². The minimum Gasteiger partial charge on any atom is -0.505 e. The number of carbonyl (C=O) groups excluding carboxylic acids is 1. The molecule has 14 heavy (non-hydrogen) atoms. The lowest BCUT2D eigenvalue weighted by molar-refractivity contribution is 0.0377. The van der Waals surface area contributed by atoms with E-state index in [2.05, 4.69) is 0 Å². The van der Waals surface area contributed by atoms with Crippen LogP contribution in [-0.2, 0) is 4.74 Å². The molecule has 0 amide bonds. The van der Waals surface area contributed by atoms with Gasteiger partial charge in [0, 0.05) is 0 Å². The molecule has 0 heterocycles. The second-order valence-corrected chi connectivity index (χ2v) is 3.12. The third-order valence-corrected chi connectivity index (χ3v) is 1.52. The summed E-state index contributed by atoms with van der Waals surface area (Å²) in [6.07, 6.45) is -0.241. The fraction of sp³-hybridized carbons (Fsp3) is 0.300. The summed E-state index contributed by atoms with van der Waals surface area (Å²) >= 11 is 0. The van der Waals surface area contributed by atoms with Crippen molar-refractivity contribution >= 4 is 5.97 Å². The number of carbonyl (C=O) groups is 1. The van der Waals surface area contributed by atoms with E-state index in [0.29, 0.717) is 0 Å². The van der Waals surface area contributed by atoms with Crippen LogP contribution >= 0.6 is 0 Å². The topological polar surface area (TPSA) is 46.5 Å². The first-order chi connectivity index (χ1) is 6.50. The number of phenolic OH excluding ortho intramolecular Hbond substituents is 1. The van der Waals surface area contributed by atoms with Gasteiger partial charge in [-0.25, -0.2) is 9.18 Å². The van der Waals surface area contributed by atoms with Crippen molar-refractivity contribution in [2.45, 2.75) is 20.0 Å². The van der Waals surface area contributed by atoms with Crippen LogP contribution in [-0.4, -0.2) is 17.2 Å². The number of phenols is 1. The molecule has 0 saturated carbocycles. The van der Waals surface area contributed by atoms with Gasteiger partial charge in [-0.3, -0.25) is 0 Å². The molecular weight excluding hydrogens is 187 g/mol. The van der Waals surface area contributed by atoms with Crippen molar-refractivity contribution in [3.63, 3.8) is 0 Å². The zero-order valence-corrected chi connectivity index (χ0v) is 7.95. The molecule has 0 aliphatic carbocycles. The Balaban J connectivity index is 2.86. The van der Waals surface area contributed by atoms with Crippen molar-refractivity contribution in [2.75, 3.05) is 0 Å². The quantitative estimate of drug-likeness (QED) is 0.740. The van der Waals surface area contributed by atoms with Crippen LogP contribution in [0.25, 0.3) is 0 Å². The first-order valence-corrected chi connectivity index (χ1v) is 4.20. The lowest BCUT2D eigenvalue weighted by Crippen LogP contribution is -2.11. The van der Waals surface area contributed by atoms with Crippen LogP contribution in [0.4, 0.5) is 4.39 Å². The first-order valence-electron chi connectivity index (χ1n) is 4.20. The van der Waals surface area contributed by atoms with Gasteiger partial charge < -0.3 is 9.84 Å². The van der Waals surface area contributed by atoms with Gasteiger partial charge in [0.25, 0.3) is 0 Å². The molecule has 0 aromatic heterocycles. The molecule has 0 spiro atoms. The van der Waals surface area contributed by atoms with Gasteiger partial charge >= 0.3 is 5.97 Å². The molecule has 1 N–H and O–H groups in total. The summed E-state index contributed by atoms with van der Waals surface area (Å²) in [4.78, 5) is 11.3. The zero-order chi connectivity index (χ0) is 10.7. The van der Waals surface area contributed by atoms with Gasteiger partial charge in [-0.15, -0.1) is 0 Å². The van der Waals surface area contributed by atoms with Gasteiger partial charge in [0.05, 0.1) is 11.7 Å². The maximum absolute atomic E-state index is 12.6. The highest BCUT2D eigenvalue weighted by molar-refractivity contribution is 5.89. The summed E-state index contributed by atoms with van der Waals surface area (Å²) in [5.74, 6) is -1.88. The van der Waals surface area contributed by atoms with Gasteiger partial charge in [-0.1, -0.05) is 0 Å². The molecule has 0 aliphatic heterocycles. The highest BCUT2D eigenvalue weighted by Crippen LogP contribution is 2.17. The molecular formula is C10H11FO3. The highest BCUT2D eigenvalue weighted by Gasteiger charge is 2.11. The van der Waals surface area contributed by atoms with Crippen LogP contribution in [0.15, 0.2) is 18.2 Å². The summed E-state index contributed by atoms with van der Waals surface area (Å²) in [6, 6.07) is 3.33. The maximum atomic E-state index is 12.6. The SMILES string of the molecule is CC(C)OC(=O)c1ccc(F)c(O)c1. The van der Waals surface area contributed by atoms with Gasteiger partial charge in [0.15, 0.2) is 11.6 Å². The van der Waals surface area contributed by atoms with E-state index in [1.807, 2.05) is 0 Å². The smallest absolute Gasteiger partial charge is 0.338 e. The summed E-state index contributed by atoms with van der Waals surface area (Å²) in [5, 5.41) is 9.00. The summed E-state index contributed by atoms with van der Waals surface area (Å²) < 4.78 is 17.5. The Hall–Kier alpha value is -1.58. The first kappa shape index (κ1) is 10.5. The van der Waals surface area contributed by atoms with E-state index in [1.54, 1.807) is 13.8 Å². The second kappa shape index (κ2) is 4.09. The number of ether oxygens (including phenoxy) is 1. The number of esters is 1. The lowest BCUT2D eigenvalue weighted by atomic mass is 10.2. The van der Waals surface area contributed by atoms with Crippen molar-refractivity contribution in [1.29, 1.82) is 0 Å². The zero-order valence-electron chi connectivity index (χ0n) is 7.95. The van der Waals surface area contributed by atoms with E-state index in [4.69, 9.17) is 9.84 Å². The Morgan fingerprint density at radius 2 is 2.14 bits per heavy atom. The number of hydrogen-bond acceptors (Lipinski definition) is 3.